The first-order valence-corrected chi connectivity index (χ1v) is 3.35. The molecule has 0 N–H and O–H groups in total. The summed E-state index contributed by atoms with van der Waals surface area (Å²) >= 11 is 0. The van der Waals surface area contributed by atoms with E-state index in [4.69, 9.17) is 0 Å². The van der Waals surface area contributed by atoms with Gasteiger partial charge in [0.15, 0.2) is 0 Å². The van der Waals surface area contributed by atoms with Crippen LogP contribution in [0.5, 0.6) is 0 Å². The quantitative estimate of drug-likeness (QED) is 0.522. The average Bonchev–Trinajstić information content (AvgIpc) is 2.34. The largest absolute Gasteiger partial charge is 0.354 e. The van der Waals surface area contributed by atoms with Gasteiger partial charge >= 0.3 is 0 Å². The minimum absolute atomic E-state index is 0.805. The van der Waals surface area contributed by atoms with Gasteiger partial charge in [-0.05, 0) is 12.1 Å². The zero-order valence-electron chi connectivity index (χ0n) is 5.91. The summed E-state index contributed by atoms with van der Waals surface area (Å²) in [6.45, 7) is 0.805. The monoisotopic (exact) mass is 133 g/mol. The average molecular weight is 133 g/mol. The molecule has 2 rings (SSSR count). The van der Waals surface area contributed by atoms with E-state index >= 15 is 0 Å². The van der Waals surface area contributed by atoms with Crippen molar-refractivity contribution in [3.05, 3.63) is 24.3 Å². The molecule has 0 amide bonds. The normalized spacial score (nSPS) is 14.7. The minimum Gasteiger partial charge on any atom is -0.354 e. The second-order valence-corrected chi connectivity index (χ2v) is 2.49. The summed E-state index contributed by atoms with van der Waals surface area (Å²) in [5.41, 5.74) is 2.35. The predicted molar refractivity (Wildman–Crippen MR) is 41.5 cm³/mol. The topological polar surface area (TPSA) is 17.3 Å². The smallest absolute Gasteiger partial charge is 0.110 e. The summed E-state index contributed by atoms with van der Waals surface area (Å²) in [5, 5.41) is 4.31. The summed E-state index contributed by atoms with van der Waals surface area (Å²) in [6, 6.07) is 8.18. The molecule has 1 aromatic rings. The summed E-state index contributed by atoms with van der Waals surface area (Å²) in [5.74, 6) is 0. The van der Waals surface area contributed by atoms with Crippen LogP contribution in [-0.4, -0.2) is 13.7 Å². The first-order chi connectivity index (χ1) is 4.88. The number of benzene rings is 1. The Bertz CT molecular complexity index is 245. The number of fused-ring (bicyclic) bond motifs is 1. The van der Waals surface area contributed by atoms with Crippen molar-refractivity contribution in [2.75, 3.05) is 18.6 Å². The Balaban J connectivity index is 2.51. The Morgan fingerprint density at radius 3 is 3.00 bits per heavy atom. The van der Waals surface area contributed by atoms with Crippen LogP contribution in [-0.2, 0) is 0 Å². The molecule has 0 aromatic heterocycles. The molecule has 0 aliphatic carbocycles. The maximum Gasteiger partial charge on any atom is 0.110 e. The molecule has 2 nitrogen and oxygen atoms in total. The fraction of sp³-hybridized carbons (Fsp3) is 0.250. The lowest BCUT2D eigenvalue weighted by Crippen LogP contribution is -2.15. The molecule has 1 radical (unpaired) electrons. The van der Waals surface area contributed by atoms with Gasteiger partial charge in [0.2, 0.25) is 0 Å². The van der Waals surface area contributed by atoms with Crippen LogP contribution in [0.15, 0.2) is 24.3 Å². The third-order valence-corrected chi connectivity index (χ3v) is 1.75. The highest BCUT2D eigenvalue weighted by atomic mass is 15.3. The second kappa shape index (κ2) is 1.90. The molecule has 10 heavy (non-hydrogen) atoms. The van der Waals surface area contributed by atoms with Gasteiger partial charge in [-0.25, -0.2) is 0 Å². The van der Waals surface area contributed by atoms with Crippen LogP contribution in [0.25, 0.3) is 0 Å². The van der Waals surface area contributed by atoms with E-state index < -0.39 is 0 Å². The number of anilines is 1. The Kier molecular flexibility index (Phi) is 1.07. The number of para-hydroxylation sites is 2. The third-order valence-electron chi connectivity index (χ3n) is 1.75. The molecular weight excluding hydrogens is 124 g/mol. The Labute approximate surface area is 60.5 Å². The van der Waals surface area contributed by atoms with Gasteiger partial charge in [0.05, 0.1) is 11.4 Å². The summed E-state index contributed by atoms with van der Waals surface area (Å²) < 4.78 is 0. The van der Waals surface area contributed by atoms with Gasteiger partial charge in [-0.3, -0.25) is 5.32 Å². The zero-order chi connectivity index (χ0) is 6.97. The maximum absolute atomic E-state index is 4.31. The van der Waals surface area contributed by atoms with Gasteiger partial charge in [-0.1, -0.05) is 12.1 Å². The highest BCUT2D eigenvalue weighted by Crippen LogP contribution is 2.28. The van der Waals surface area contributed by atoms with E-state index in [0.717, 1.165) is 12.4 Å². The predicted octanol–water partition coefficient (Wildman–Crippen LogP) is 1.33. The van der Waals surface area contributed by atoms with Crippen molar-refractivity contribution in [1.29, 1.82) is 0 Å². The van der Waals surface area contributed by atoms with Crippen molar-refractivity contribution in [1.82, 2.24) is 5.32 Å². The molecule has 51 valence electrons. The van der Waals surface area contributed by atoms with Crippen LogP contribution in [0, 0.1) is 0 Å². The highest BCUT2D eigenvalue weighted by molar-refractivity contribution is 5.69. The van der Waals surface area contributed by atoms with Crippen molar-refractivity contribution in [3.8, 4) is 0 Å². The lowest BCUT2D eigenvalue weighted by Gasteiger charge is -2.07. The lowest BCUT2D eigenvalue weighted by molar-refractivity contribution is 0.873. The van der Waals surface area contributed by atoms with Crippen molar-refractivity contribution in [3.63, 3.8) is 0 Å². The molecule has 0 bridgehead atoms. The van der Waals surface area contributed by atoms with E-state index in [9.17, 15) is 0 Å². The molecule has 0 atom stereocenters. The molecule has 0 saturated heterocycles. The van der Waals surface area contributed by atoms with Crippen molar-refractivity contribution in [2.24, 2.45) is 0 Å². The van der Waals surface area contributed by atoms with Gasteiger partial charge in [-0.15, -0.1) is 0 Å². The Hall–Kier alpha value is -1.18. The van der Waals surface area contributed by atoms with Gasteiger partial charge in [0.25, 0.3) is 0 Å². The molecule has 0 unspecified atom stereocenters. The van der Waals surface area contributed by atoms with E-state index in [2.05, 4.69) is 23.3 Å². The molecule has 0 spiro atoms. The van der Waals surface area contributed by atoms with E-state index in [0.29, 0.717) is 0 Å². The summed E-state index contributed by atoms with van der Waals surface area (Å²) in [6.07, 6.45) is 0. The third kappa shape index (κ3) is 0.652. The van der Waals surface area contributed by atoms with Gasteiger partial charge in [0.1, 0.15) is 6.67 Å². The molecule has 0 saturated carbocycles. The second-order valence-electron chi connectivity index (χ2n) is 2.49. The Morgan fingerprint density at radius 2 is 2.20 bits per heavy atom. The summed E-state index contributed by atoms with van der Waals surface area (Å²) in [7, 11) is 2.05. The number of hydrogen-bond donors (Lipinski definition) is 0. The maximum atomic E-state index is 4.31. The van der Waals surface area contributed by atoms with Crippen LogP contribution < -0.4 is 10.2 Å². The standard InChI is InChI=1S/C8H9N2/c1-10-6-9-7-4-2-3-5-8(7)10/h2-5H,6H2,1H3. The van der Waals surface area contributed by atoms with Crippen LogP contribution in [0.4, 0.5) is 11.4 Å². The van der Waals surface area contributed by atoms with Crippen LogP contribution in [0.3, 0.4) is 0 Å². The van der Waals surface area contributed by atoms with Crippen molar-refractivity contribution in [2.45, 2.75) is 0 Å². The molecule has 1 heterocycles. The molecule has 0 fully saturated rings. The lowest BCUT2D eigenvalue weighted by atomic mass is 10.3. The molecule has 1 aliphatic heterocycles. The van der Waals surface area contributed by atoms with E-state index in [-0.39, 0.29) is 0 Å². The first-order valence-electron chi connectivity index (χ1n) is 3.35. The molecule has 2 heteroatoms. The van der Waals surface area contributed by atoms with Crippen LogP contribution >= 0.6 is 0 Å². The summed E-state index contributed by atoms with van der Waals surface area (Å²) in [4.78, 5) is 2.13. The molecule has 1 aliphatic rings. The van der Waals surface area contributed by atoms with Gasteiger partial charge in [-0.2, -0.15) is 0 Å². The fourth-order valence-corrected chi connectivity index (χ4v) is 1.18. The molecule has 1 aromatic carbocycles. The molecular formula is C8H9N2. The fourth-order valence-electron chi connectivity index (χ4n) is 1.18. The highest BCUT2D eigenvalue weighted by Gasteiger charge is 2.13. The first kappa shape index (κ1) is 5.59. The Morgan fingerprint density at radius 1 is 1.40 bits per heavy atom. The van der Waals surface area contributed by atoms with E-state index in [1.54, 1.807) is 0 Å². The number of nitrogens with zero attached hydrogens (tertiary/aromatic N) is 2. The zero-order valence-corrected chi connectivity index (χ0v) is 5.91. The number of hydrogen-bond acceptors (Lipinski definition) is 1. The number of rotatable bonds is 0. The van der Waals surface area contributed by atoms with Crippen LogP contribution in [0.2, 0.25) is 0 Å². The van der Waals surface area contributed by atoms with E-state index in [1.807, 2.05) is 18.2 Å². The minimum atomic E-state index is 0.805. The SMILES string of the molecule is CN1C[N]c2ccccc21. The van der Waals surface area contributed by atoms with E-state index in [1.165, 1.54) is 5.69 Å². The van der Waals surface area contributed by atoms with Crippen molar-refractivity contribution >= 4 is 11.4 Å². The van der Waals surface area contributed by atoms with Gasteiger partial charge in [0, 0.05) is 7.05 Å². The van der Waals surface area contributed by atoms with Crippen LogP contribution in [0.1, 0.15) is 0 Å². The van der Waals surface area contributed by atoms with Crippen molar-refractivity contribution < 1.29 is 0 Å². The van der Waals surface area contributed by atoms with Gasteiger partial charge < -0.3 is 4.90 Å².